The summed E-state index contributed by atoms with van der Waals surface area (Å²) in [6.07, 6.45) is 1.39. The molecule has 0 aromatic heterocycles. The van der Waals surface area contributed by atoms with Crippen molar-refractivity contribution in [2.75, 3.05) is 5.75 Å². The first-order valence-corrected chi connectivity index (χ1v) is 6.53. The van der Waals surface area contributed by atoms with Crippen molar-refractivity contribution in [1.82, 2.24) is 0 Å². The van der Waals surface area contributed by atoms with Gasteiger partial charge in [0.1, 0.15) is 0 Å². The predicted molar refractivity (Wildman–Crippen MR) is 65.0 cm³/mol. The van der Waals surface area contributed by atoms with Crippen LogP contribution in [0, 0.1) is 6.07 Å². The molecule has 0 bridgehead atoms. The van der Waals surface area contributed by atoms with Crippen LogP contribution >= 0.6 is 0 Å². The number of rotatable bonds is 3. The van der Waals surface area contributed by atoms with E-state index in [2.05, 4.69) is 12.6 Å². The van der Waals surface area contributed by atoms with E-state index in [4.69, 9.17) is 0 Å². The van der Waals surface area contributed by atoms with Crippen LogP contribution in [0.1, 0.15) is 0 Å². The molecule has 2 nitrogen and oxygen atoms in total. The number of benzene rings is 2. The maximum atomic E-state index is 11.8. The molecule has 81 valence electrons. The largest absolute Gasteiger partial charge is 0.223 e. The lowest BCUT2D eigenvalue weighted by Gasteiger charge is -2.02. The molecule has 0 fully saturated rings. The van der Waals surface area contributed by atoms with Gasteiger partial charge in [0.25, 0.3) is 0 Å². The summed E-state index contributed by atoms with van der Waals surface area (Å²) < 4.78 is 23.5. The van der Waals surface area contributed by atoms with E-state index in [-0.39, 0.29) is 10.6 Å². The van der Waals surface area contributed by atoms with Gasteiger partial charge in [-0.15, -0.1) is 6.58 Å². The fourth-order valence-corrected chi connectivity index (χ4v) is 2.55. The Morgan fingerprint density at radius 2 is 1.94 bits per heavy atom. The van der Waals surface area contributed by atoms with Crippen molar-refractivity contribution < 1.29 is 8.42 Å². The lowest BCUT2D eigenvalue weighted by molar-refractivity contribution is 0.599. The molecule has 2 aromatic carbocycles. The van der Waals surface area contributed by atoms with E-state index >= 15 is 0 Å². The molecule has 0 saturated carbocycles. The molecule has 3 heteroatoms. The van der Waals surface area contributed by atoms with Gasteiger partial charge >= 0.3 is 0 Å². The van der Waals surface area contributed by atoms with Gasteiger partial charge in [-0.25, -0.2) is 8.42 Å². The quantitative estimate of drug-likeness (QED) is 0.761. The van der Waals surface area contributed by atoms with Gasteiger partial charge in [-0.1, -0.05) is 36.4 Å². The van der Waals surface area contributed by atoms with Gasteiger partial charge < -0.3 is 0 Å². The zero-order valence-electron chi connectivity index (χ0n) is 8.68. The highest BCUT2D eigenvalue weighted by Gasteiger charge is 2.12. The van der Waals surface area contributed by atoms with Gasteiger partial charge in [-0.05, 0) is 16.8 Å². The van der Waals surface area contributed by atoms with Crippen LogP contribution in [0.3, 0.4) is 0 Å². The summed E-state index contributed by atoms with van der Waals surface area (Å²) in [6.45, 7) is 3.44. The normalized spacial score (nSPS) is 11.5. The molecule has 0 unspecified atom stereocenters. The predicted octanol–water partition coefficient (Wildman–Crippen LogP) is 2.60. The van der Waals surface area contributed by atoms with Crippen molar-refractivity contribution >= 4 is 20.6 Å². The molecule has 1 radical (unpaired) electrons. The molecule has 0 aliphatic heterocycles. The van der Waals surface area contributed by atoms with Crippen LogP contribution in [0.25, 0.3) is 10.8 Å². The average Bonchev–Trinajstić information content (AvgIpc) is 2.28. The van der Waals surface area contributed by atoms with Gasteiger partial charge in [-0.2, -0.15) is 0 Å². The van der Waals surface area contributed by atoms with Crippen LogP contribution in [0.4, 0.5) is 0 Å². The van der Waals surface area contributed by atoms with Crippen molar-refractivity contribution in [3.05, 3.63) is 55.1 Å². The maximum Gasteiger partial charge on any atom is 0.182 e. The molecule has 0 heterocycles. The Kier molecular flexibility index (Phi) is 2.79. The zero-order chi connectivity index (χ0) is 11.6. The minimum Gasteiger partial charge on any atom is -0.223 e. The Hall–Kier alpha value is -1.61. The van der Waals surface area contributed by atoms with Crippen molar-refractivity contribution in [2.45, 2.75) is 4.90 Å². The molecule has 2 rings (SSSR count). The molecular weight excluding hydrogens is 220 g/mol. The Bertz CT molecular complexity index is 627. The standard InChI is InChI=1S/C13H11O2S/c1-2-9-16(14,15)13-8-7-11-5-3-4-6-12(11)10-13/h2-8H,1,9H2. The van der Waals surface area contributed by atoms with Gasteiger partial charge in [-0.3, -0.25) is 0 Å². The molecule has 2 aromatic rings. The summed E-state index contributed by atoms with van der Waals surface area (Å²) in [5.74, 6) is -0.0537. The number of fused-ring (bicyclic) bond motifs is 1. The van der Waals surface area contributed by atoms with E-state index in [9.17, 15) is 8.42 Å². The van der Waals surface area contributed by atoms with Crippen molar-refractivity contribution in [3.8, 4) is 0 Å². The minimum absolute atomic E-state index is 0.0537. The molecule has 0 spiro atoms. The van der Waals surface area contributed by atoms with Crippen LogP contribution in [-0.2, 0) is 9.84 Å². The van der Waals surface area contributed by atoms with Crippen LogP contribution in [0.5, 0.6) is 0 Å². The number of hydrogen-bond donors (Lipinski definition) is 0. The molecule has 0 atom stereocenters. The fraction of sp³-hybridized carbons (Fsp3) is 0.0769. The minimum atomic E-state index is -3.28. The molecule has 0 N–H and O–H groups in total. The molecule has 16 heavy (non-hydrogen) atoms. The van der Waals surface area contributed by atoms with Crippen LogP contribution in [-0.4, -0.2) is 14.2 Å². The number of sulfone groups is 1. The van der Waals surface area contributed by atoms with Gasteiger partial charge in [0.15, 0.2) is 9.84 Å². The average molecular weight is 231 g/mol. The lowest BCUT2D eigenvalue weighted by atomic mass is 10.1. The molecule has 0 aliphatic carbocycles. The van der Waals surface area contributed by atoms with E-state index in [0.717, 1.165) is 10.8 Å². The van der Waals surface area contributed by atoms with E-state index in [1.165, 1.54) is 6.08 Å². The Morgan fingerprint density at radius 3 is 2.69 bits per heavy atom. The first-order valence-electron chi connectivity index (χ1n) is 4.88. The van der Waals surface area contributed by atoms with Gasteiger partial charge in [0.2, 0.25) is 0 Å². The van der Waals surface area contributed by atoms with E-state index in [1.807, 2.05) is 24.3 Å². The summed E-state index contributed by atoms with van der Waals surface area (Å²) in [4.78, 5) is 0.228. The molecule has 0 aliphatic rings. The Labute approximate surface area is 95.1 Å². The summed E-state index contributed by atoms with van der Waals surface area (Å²) in [5.41, 5.74) is 0. The van der Waals surface area contributed by atoms with Crippen molar-refractivity contribution in [1.29, 1.82) is 0 Å². The monoisotopic (exact) mass is 231 g/mol. The topological polar surface area (TPSA) is 34.1 Å². The van der Waals surface area contributed by atoms with E-state index < -0.39 is 9.84 Å². The summed E-state index contributed by atoms with van der Waals surface area (Å²) >= 11 is 0. The van der Waals surface area contributed by atoms with Crippen LogP contribution < -0.4 is 0 Å². The highest BCUT2D eigenvalue weighted by Crippen LogP contribution is 2.18. The zero-order valence-corrected chi connectivity index (χ0v) is 9.50. The molecule has 0 saturated heterocycles. The molecule has 0 amide bonds. The number of hydrogen-bond acceptors (Lipinski definition) is 2. The fourth-order valence-electron chi connectivity index (χ4n) is 1.52. The maximum absolute atomic E-state index is 11.8. The first-order chi connectivity index (χ1) is 7.63. The summed E-state index contributed by atoms with van der Waals surface area (Å²) in [6, 6.07) is 13.8. The third kappa shape index (κ3) is 1.99. The third-order valence-electron chi connectivity index (χ3n) is 2.31. The van der Waals surface area contributed by atoms with Gasteiger partial charge in [0.05, 0.1) is 10.6 Å². The second-order valence-corrected chi connectivity index (χ2v) is 5.48. The smallest absolute Gasteiger partial charge is 0.182 e. The Balaban J connectivity index is 2.59. The summed E-state index contributed by atoms with van der Waals surface area (Å²) in [5, 5.41) is 1.80. The first kappa shape index (κ1) is 10.9. The highest BCUT2D eigenvalue weighted by atomic mass is 32.2. The molecular formula is C13H11O2S. The second kappa shape index (κ2) is 4.10. The van der Waals surface area contributed by atoms with Crippen molar-refractivity contribution in [3.63, 3.8) is 0 Å². The SMILES string of the molecule is C=CCS(=O)(=O)c1[c]c2ccccc2cc1. The van der Waals surface area contributed by atoms with Crippen LogP contribution in [0.15, 0.2) is 53.9 Å². The summed E-state index contributed by atoms with van der Waals surface area (Å²) in [7, 11) is -3.28. The van der Waals surface area contributed by atoms with E-state index in [0.29, 0.717) is 0 Å². The van der Waals surface area contributed by atoms with Crippen LogP contribution in [0.2, 0.25) is 0 Å². The lowest BCUT2D eigenvalue weighted by Crippen LogP contribution is -2.04. The second-order valence-electron chi connectivity index (χ2n) is 3.48. The Morgan fingerprint density at radius 1 is 1.19 bits per heavy atom. The van der Waals surface area contributed by atoms with Gasteiger partial charge in [0, 0.05) is 6.07 Å². The van der Waals surface area contributed by atoms with Crippen molar-refractivity contribution in [2.24, 2.45) is 0 Å². The van der Waals surface area contributed by atoms with E-state index in [1.54, 1.807) is 12.1 Å². The highest BCUT2D eigenvalue weighted by molar-refractivity contribution is 7.91. The third-order valence-corrected chi connectivity index (χ3v) is 3.89.